The van der Waals surface area contributed by atoms with Crippen molar-refractivity contribution >= 4 is 27.7 Å². The molecule has 5 rings (SSSR count). The number of phenols is 1. The summed E-state index contributed by atoms with van der Waals surface area (Å²) in [6, 6.07) is 28.8. The highest BCUT2D eigenvalue weighted by molar-refractivity contribution is 7.84. The quantitative estimate of drug-likeness (QED) is 0.194. The lowest BCUT2D eigenvalue weighted by molar-refractivity contribution is 0.306. The lowest BCUT2D eigenvalue weighted by atomic mass is 9.84. The van der Waals surface area contributed by atoms with Gasteiger partial charge < -0.3 is 9.84 Å². The molecule has 2 atom stereocenters. The molecule has 1 N–H and O–H groups in total. The lowest BCUT2D eigenvalue weighted by Crippen LogP contribution is -2.03. The first kappa shape index (κ1) is 26.5. The molecule has 1 aliphatic carbocycles. The van der Waals surface area contributed by atoms with Gasteiger partial charge in [0.2, 0.25) is 0 Å². The second-order valence-corrected chi connectivity index (χ2v) is 12.3. The standard InChI is InChI=1S/C33H34O3S2/c34-27-16-19-32-30(12-7-13-31(33(32)23-27)25-9-3-1-4-10-25)26-14-17-28(18-15-26)36-20-5-2-6-22-38(35)24-29-11-8-21-37-29/h1,3-4,8-12,14-19,21,23,31,34H,2,5-7,13,20,22,24H2. The number of unbranched alkanes of at least 4 members (excludes halogenated alkanes) is 2. The molecule has 0 radical (unpaired) electrons. The van der Waals surface area contributed by atoms with Gasteiger partial charge in [-0.05, 0) is 95.6 Å². The molecule has 196 valence electrons. The molecule has 0 fully saturated rings. The molecule has 0 aliphatic heterocycles. The van der Waals surface area contributed by atoms with Crippen LogP contribution in [0.2, 0.25) is 0 Å². The number of phenolic OH excluding ortho intramolecular Hbond substituents is 1. The summed E-state index contributed by atoms with van der Waals surface area (Å²) in [4.78, 5) is 1.20. The van der Waals surface area contributed by atoms with Gasteiger partial charge in [-0.2, -0.15) is 0 Å². The Labute approximate surface area is 232 Å². The number of benzene rings is 3. The molecular formula is C33H34O3S2. The fourth-order valence-electron chi connectivity index (χ4n) is 5.14. The van der Waals surface area contributed by atoms with Crippen molar-refractivity contribution in [3.63, 3.8) is 0 Å². The maximum Gasteiger partial charge on any atom is 0.119 e. The third kappa shape index (κ3) is 6.83. The van der Waals surface area contributed by atoms with E-state index in [0.717, 1.165) is 49.2 Å². The Morgan fingerprint density at radius 1 is 0.921 bits per heavy atom. The third-order valence-corrected chi connectivity index (χ3v) is 9.48. The Hall–Kier alpha value is -3.15. The predicted molar refractivity (Wildman–Crippen MR) is 160 cm³/mol. The minimum atomic E-state index is -0.777. The molecular weight excluding hydrogens is 508 g/mol. The number of hydrogen-bond acceptors (Lipinski definition) is 4. The summed E-state index contributed by atoms with van der Waals surface area (Å²) in [7, 11) is -0.777. The van der Waals surface area contributed by atoms with Gasteiger partial charge in [-0.1, -0.05) is 60.7 Å². The van der Waals surface area contributed by atoms with E-state index in [1.807, 2.05) is 35.7 Å². The number of thiophene rings is 1. The molecule has 0 spiro atoms. The molecule has 0 bridgehead atoms. The molecule has 4 aromatic rings. The molecule has 2 unspecified atom stereocenters. The van der Waals surface area contributed by atoms with E-state index < -0.39 is 10.8 Å². The van der Waals surface area contributed by atoms with Gasteiger partial charge in [0.1, 0.15) is 11.5 Å². The van der Waals surface area contributed by atoms with E-state index in [-0.39, 0.29) is 5.92 Å². The monoisotopic (exact) mass is 542 g/mol. The van der Waals surface area contributed by atoms with Crippen molar-refractivity contribution in [1.29, 1.82) is 0 Å². The summed E-state index contributed by atoms with van der Waals surface area (Å²) >= 11 is 1.68. The van der Waals surface area contributed by atoms with Gasteiger partial charge in [-0.25, -0.2) is 0 Å². The summed E-state index contributed by atoms with van der Waals surface area (Å²) in [6.45, 7) is 0.667. The minimum Gasteiger partial charge on any atom is -0.508 e. The van der Waals surface area contributed by atoms with E-state index in [1.165, 1.54) is 27.1 Å². The number of rotatable bonds is 11. The number of ether oxygens (including phenoxy) is 1. The van der Waals surface area contributed by atoms with Crippen molar-refractivity contribution in [3.8, 4) is 11.5 Å². The molecule has 0 saturated heterocycles. The zero-order valence-corrected chi connectivity index (χ0v) is 23.2. The number of allylic oxidation sites excluding steroid dienone is 1. The average molecular weight is 543 g/mol. The second kappa shape index (κ2) is 13.1. The van der Waals surface area contributed by atoms with Crippen LogP contribution in [0.1, 0.15) is 65.2 Å². The molecule has 0 saturated carbocycles. The summed E-state index contributed by atoms with van der Waals surface area (Å²) in [6.07, 6.45) is 7.26. The largest absolute Gasteiger partial charge is 0.508 e. The van der Waals surface area contributed by atoms with Crippen molar-refractivity contribution in [2.24, 2.45) is 0 Å². The predicted octanol–water partition coefficient (Wildman–Crippen LogP) is 8.31. The van der Waals surface area contributed by atoms with Crippen LogP contribution in [0.4, 0.5) is 0 Å². The van der Waals surface area contributed by atoms with Crippen LogP contribution in [-0.4, -0.2) is 21.7 Å². The molecule has 1 heterocycles. The Morgan fingerprint density at radius 3 is 2.55 bits per heavy atom. The average Bonchev–Trinajstić information content (AvgIpc) is 3.37. The molecule has 3 nitrogen and oxygen atoms in total. The van der Waals surface area contributed by atoms with E-state index in [4.69, 9.17) is 4.74 Å². The van der Waals surface area contributed by atoms with Crippen molar-refractivity contribution in [3.05, 3.63) is 124 Å². The van der Waals surface area contributed by atoms with Crippen LogP contribution in [-0.2, 0) is 16.6 Å². The van der Waals surface area contributed by atoms with Crippen LogP contribution >= 0.6 is 11.3 Å². The van der Waals surface area contributed by atoms with Crippen LogP contribution < -0.4 is 4.74 Å². The van der Waals surface area contributed by atoms with Crippen LogP contribution in [0.5, 0.6) is 11.5 Å². The zero-order chi connectivity index (χ0) is 26.2. The van der Waals surface area contributed by atoms with E-state index in [2.05, 4.69) is 54.6 Å². The van der Waals surface area contributed by atoms with E-state index in [0.29, 0.717) is 18.1 Å². The Morgan fingerprint density at radius 2 is 1.76 bits per heavy atom. The molecule has 38 heavy (non-hydrogen) atoms. The van der Waals surface area contributed by atoms with Gasteiger partial charge in [0.15, 0.2) is 0 Å². The first-order valence-electron chi connectivity index (χ1n) is 13.4. The number of aromatic hydroxyl groups is 1. The van der Waals surface area contributed by atoms with Crippen molar-refractivity contribution in [1.82, 2.24) is 0 Å². The van der Waals surface area contributed by atoms with Gasteiger partial charge in [0.05, 0.1) is 12.4 Å². The van der Waals surface area contributed by atoms with Gasteiger partial charge in [0, 0.05) is 27.3 Å². The highest BCUT2D eigenvalue weighted by Gasteiger charge is 2.23. The summed E-state index contributed by atoms with van der Waals surface area (Å²) in [5.74, 6) is 2.87. The lowest BCUT2D eigenvalue weighted by Gasteiger charge is -2.20. The van der Waals surface area contributed by atoms with Gasteiger partial charge >= 0.3 is 0 Å². The molecule has 5 heteroatoms. The maximum absolute atomic E-state index is 12.2. The highest BCUT2D eigenvalue weighted by Crippen LogP contribution is 2.41. The Kier molecular flexibility index (Phi) is 9.11. The minimum absolute atomic E-state index is 0.253. The molecule has 3 aromatic carbocycles. The maximum atomic E-state index is 12.2. The highest BCUT2D eigenvalue weighted by atomic mass is 32.2. The Bertz CT molecular complexity index is 1360. The van der Waals surface area contributed by atoms with Crippen molar-refractivity contribution < 1.29 is 14.1 Å². The second-order valence-electron chi connectivity index (χ2n) is 9.73. The van der Waals surface area contributed by atoms with E-state index in [9.17, 15) is 9.32 Å². The first-order chi connectivity index (χ1) is 18.7. The fourth-order valence-corrected chi connectivity index (χ4v) is 7.38. The normalized spacial score (nSPS) is 15.8. The van der Waals surface area contributed by atoms with Gasteiger partial charge in [-0.15, -0.1) is 11.3 Å². The SMILES string of the molecule is O=S(CCCCCOc1ccc(C2=CCCC(c3ccccc3)c3cc(O)ccc32)cc1)Cc1cccs1. The van der Waals surface area contributed by atoms with Gasteiger partial charge in [0.25, 0.3) is 0 Å². The van der Waals surface area contributed by atoms with E-state index >= 15 is 0 Å². The third-order valence-electron chi connectivity index (χ3n) is 7.04. The molecule has 1 aromatic heterocycles. The topological polar surface area (TPSA) is 46.5 Å². The van der Waals surface area contributed by atoms with Crippen molar-refractivity contribution in [2.45, 2.75) is 43.8 Å². The van der Waals surface area contributed by atoms with Gasteiger partial charge in [-0.3, -0.25) is 4.21 Å². The van der Waals surface area contributed by atoms with Crippen LogP contribution in [0, 0.1) is 0 Å². The fraction of sp³-hybridized carbons (Fsp3) is 0.273. The first-order valence-corrected chi connectivity index (χ1v) is 15.7. The summed E-state index contributed by atoms with van der Waals surface area (Å²) in [5.41, 5.74) is 6.01. The smallest absolute Gasteiger partial charge is 0.119 e. The molecule has 0 amide bonds. The number of hydrogen-bond donors (Lipinski definition) is 1. The zero-order valence-electron chi connectivity index (χ0n) is 21.6. The van der Waals surface area contributed by atoms with Crippen molar-refractivity contribution in [2.75, 3.05) is 12.4 Å². The van der Waals surface area contributed by atoms with Crippen LogP contribution in [0.15, 0.2) is 96.4 Å². The van der Waals surface area contributed by atoms with E-state index in [1.54, 1.807) is 17.4 Å². The summed E-state index contributed by atoms with van der Waals surface area (Å²) in [5, 5.41) is 12.3. The number of fused-ring (bicyclic) bond motifs is 1. The van der Waals surface area contributed by atoms with Crippen LogP contribution in [0.3, 0.4) is 0 Å². The molecule has 1 aliphatic rings. The summed E-state index contributed by atoms with van der Waals surface area (Å²) < 4.78 is 18.2. The Balaban J connectivity index is 1.16. The van der Waals surface area contributed by atoms with Crippen LogP contribution in [0.25, 0.3) is 5.57 Å².